The van der Waals surface area contributed by atoms with Gasteiger partial charge in [-0.25, -0.2) is 28.2 Å². The monoisotopic (exact) mass is 469 g/mol. The zero-order valence-corrected chi connectivity index (χ0v) is 19.3. The lowest BCUT2D eigenvalue weighted by molar-refractivity contribution is 0.0616. The van der Waals surface area contributed by atoms with Crippen LogP contribution < -0.4 is 5.32 Å². The fraction of sp³-hybridized carbons (Fsp3) is 0.417. The average molecular weight is 470 g/mol. The second-order valence-corrected chi connectivity index (χ2v) is 9.30. The maximum Gasteiger partial charge on any atom is 0.419 e. The summed E-state index contributed by atoms with van der Waals surface area (Å²) in [6.45, 7) is 5.99. The number of alkyl halides is 1. The molecule has 0 saturated heterocycles. The summed E-state index contributed by atoms with van der Waals surface area (Å²) < 4.78 is 28.2. The number of hydrogen-bond donors (Lipinski definition) is 1. The molecule has 0 aliphatic heterocycles. The van der Waals surface area contributed by atoms with E-state index in [1.54, 1.807) is 10.7 Å². The first-order valence-electron chi connectivity index (χ1n) is 11.1. The number of imidazole rings is 1. The smallest absolute Gasteiger partial charge is 0.419 e. The van der Waals surface area contributed by atoms with Gasteiger partial charge in [-0.3, -0.25) is 5.32 Å². The van der Waals surface area contributed by atoms with Crippen LogP contribution in [-0.2, 0) is 21.6 Å². The van der Waals surface area contributed by atoms with Crippen LogP contribution in [0.25, 0.3) is 0 Å². The Hall–Kier alpha value is -3.69. The third-order valence-electron chi connectivity index (χ3n) is 5.62. The van der Waals surface area contributed by atoms with Crippen molar-refractivity contribution in [2.75, 3.05) is 5.32 Å². The van der Waals surface area contributed by atoms with Crippen LogP contribution in [0.3, 0.4) is 0 Å². The third-order valence-corrected chi connectivity index (χ3v) is 5.62. The molecular formula is C24H28FN5O4. The summed E-state index contributed by atoms with van der Waals surface area (Å²) in [7, 11) is 0. The van der Waals surface area contributed by atoms with Gasteiger partial charge in [0.25, 0.3) is 0 Å². The zero-order valence-electron chi connectivity index (χ0n) is 19.3. The molecule has 0 radical (unpaired) electrons. The van der Waals surface area contributed by atoms with E-state index in [0.717, 1.165) is 10.1 Å². The minimum absolute atomic E-state index is 0.138. The second kappa shape index (κ2) is 9.66. The van der Waals surface area contributed by atoms with Crippen LogP contribution in [0, 0.1) is 0 Å². The van der Waals surface area contributed by atoms with Gasteiger partial charge in [-0.05, 0) is 39.2 Å². The summed E-state index contributed by atoms with van der Waals surface area (Å²) in [5.74, 6) is 0.190. The highest BCUT2D eigenvalue weighted by Crippen LogP contribution is 2.39. The van der Waals surface area contributed by atoms with Crippen molar-refractivity contribution in [1.29, 1.82) is 0 Å². The molecule has 1 saturated carbocycles. The van der Waals surface area contributed by atoms with Crippen LogP contribution in [0.5, 0.6) is 0 Å². The molecule has 4 rings (SSSR count). The van der Waals surface area contributed by atoms with E-state index in [2.05, 4.69) is 15.4 Å². The van der Waals surface area contributed by atoms with Crippen molar-refractivity contribution < 1.29 is 23.5 Å². The summed E-state index contributed by atoms with van der Waals surface area (Å²) >= 11 is 0. The van der Waals surface area contributed by atoms with Crippen molar-refractivity contribution in [3.63, 3.8) is 0 Å². The second-order valence-electron chi connectivity index (χ2n) is 9.30. The van der Waals surface area contributed by atoms with E-state index in [0.29, 0.717) is 17.9 Å². The number of hydrogen-bond acceptors (Lipinski definition) is 6. The molecule has 1 amide bonds. The largest absolute Gasteiger partial charge is 0.444 e. The molecule has 34 heavy (non-hydrogen) atoms. The summed E-state index contributed by atoms with van der Waals surface area (Å²) in [5, 5.41) is 7.41. The van der Waals surface area contributed by atoms with Crippen LogP contribution in [-0.4, -0.2) is 43.8 Å². The quantitative estimate of drug-likeness (QED) is 0.573. The number of ether oxygens (including phenoxy) is 2. The molecule has 1 aromatic carbocycles. The lowest BCUT2D eigenvalue weighted by Gasteiger charge is -2.22. The van der Waals surface area contributed by atoms with Gasteiger partial charge in [-0.15, -0.1) is 0 Å². The molecule has 2 heterocycles. The number of benzene rings is 1. The minimum Gasteiger partial charge on any atom is -0.444 e. The van der Waals surface area contributed by atoms with Crippen LogP contribution in [0.2, 0.25) is 0 Å². The average Bonchev–Trinajstić information content (AvgIpc) is 3.53. The van der Waals surface area contributed by atoms with Gasteiger partial charge in [0, 0.05) is 24.4 Å². The number of amides is 1. The summed E-state index contributed by atoms with van der Waals surface area (Å²) in [6.07, 6.45) is 1.18. The Bertz CT molecular complexity index is 1120. The van der Waals surface area contributed by atoms with E-state index < -0.39 is 30.0 Å². The van der Waals surface area contributed by atoms with Gasteiger partial charge in [-0.2, -0.15) is 5.10 Å². The fourth-order valence-corrected chi connectivity index (χ4v) is 3.93. The number of anilines is 1. The summed E-state index contributed by atoms with van der Waals surface area (Å²) in [5.41, 5.74) is 1.05. The Balaban J connectivity index is 1.44. The van der Waals surface area contributed by atoms with Crippen molar-refractivity contribution in [2.24, 2.45) is 0 Å². The van der Waals surface area contributed by atoms with Crippen molar-refractivity contribution in [3.05, 3.63) is 66.4 Å². The highest BCUT2D eigenvalue weighted by Gasteiger charge is 2.40. The molecule has 3 unspecified atom stereocenters. The molecule has 0 bridgehead atoms. The van der Waals surface area contributed by atoms with Gasteiger partial charge in [0.05, 0.1) is 11.2 Å². The summed E-state index contributed by atoms with van der Waals surface area (Å²) in [4.78, 5) is 28.4. The SMILES string of the molecule is CC(C)(C)n1nc(C2CC(F)C(OC(=O)n3ccnc3)C2)cc1NC(=O)OCc1ccccc1. The number of carbonyl (C=O) groups excluding carboxylic acids is 2. The molecule has 10 heteroatoms. The van der Waals surface area contributed by atoms with E-state index in [-0.39, 0.29) is 18.9 Å². The van der Waals surface area contributed by atoms with E-state index >= 15 is 0 Å². The number of aromatic nitrogens is 4. The number of carbonyl (C=O) groups is 2. The molecule has 0 spiro atoms. The predicted molar refractivity (Wildman–Crippen MR) is 122 cm³/mol. The van der Waals surface area contributed by atoms with Crippen LogP contribution in [0.1, 0.15) is 50.8 Å². The number of rotatable bonds is 5. The lowest BCUT2D eigenvalue weighted by Crippen LogP contribution is -2.27. The molecule has 1 aliphatic rings. The van der Waals surface area contributed by atoms with E-state index in [9.17, 15) is 14.0 Å². The van der Waals surface area contributed by atoms with E-state index in [1.165, 1.54) is 18.7 Å². The molecule has 3 atom stereocenters. The first kappa shape index (κ1) is 23.5. The maximum absolute atomic E-state index is 14.7. The molecular weight excluding hydrogens is 441 g/mol. The van der Waals surface area contributed by atoms with Crippen molar-refractivity contribution in [2.45, 2.75) is 64.0 Å². The zero-order chi connectivity index (χ0) is 24.3. The molecule has 180 valence electrons. The van der Waals surface area contributed by atoms with Gasteiger partial charge in [0.1, 0.15) is 31.0 Å². The van der Waals surface area contributed by atoms with E-state index in [4.69, 9.17) is 9.47 Å². The Morgan fingerprint density at radius 3 is 2.65 bits per heavy atom. The first-order chi connectivity index (χ1) is 16.2. The molecule has 1 N–H and O–H groups in total. The van der Waals surface area contributed by atoms with Crippen LogP contribution in [0.4, 0.5) is 19.8 Å². The molecule has 3 aromatic rings. The fourth-order valence-electron chi connectivity index (χ4n) is 3.93. The molecule has 2 aromatic heterocycles. The van der Waals surface area contributed by atoms with Gasteiger partial charge in [0.2, 0.25) is 0 Å². The van der Waals surface area contributed by atoms with Gasteiger partial charge in [0.15, 0.2) is 0 Å². The van der Waals surface area contributed by atoms with Crippen molar-refractivity contribution in [1.82, 2.24) is 19.3 Å². The standard InChI is InChI=1S/C24H28FN5O4/c1-24(2,3)30-21(27-22(31)33-14-16-7-5-4-6-8-16)13-19(28-30)17-11-18(25)20(12-17)34-23(32)29-10-9-26-15-29/h4-10,13,15,17-18,20H,11-12,14H2,1-3H3,(H,27,31). The molecule has 1 fully saturated rings. The van der Waals surface area contributed by atoms with E-state index in [1.807, 2.05) is 51.1 Å². The highest BCUT2D eigenvalue weighted by molar-refractivity contribution is 5.83. The Morgan fingerprint density at radius 1 is 1.21 bits per heavy atom. The maximum atomic E-state index is 14.7. The Kier molecular flexibility index (Phi) is 6.67. The van der Waals surface area contributed by atoms with Gasteiger partial charge in [-0.1, -0.05) is 30.3 Å². The van der Waals surface area contributed by atoms with Crippen LogP contribution >= 0.6 is 0 Å². The summed E-state index contributed by atoms with van der Waals surface area (Å²) in [6, 6.07) is 11.1. The Morgan fingerprint density at radius 2 is 1.97 bits per heavy atom. The molecule has 1 aliphatic carbocycles. The topological polar surface area (TPSA) is 100 Å². The predicted octanol–water partition coefficient (Wildman–Crippen LogP) is 4.85. The highest BCUT2D eigenvalue weighted by atomic mass is 19.1. The number of nitrogens with one attached hydrogen (secondary N) is 1. The van der Waals surface area contributed by atoms with Crippen molar-refractivity contribution in [3.8, 4) is 0 Å². The number of nitrogens with zero attached hydrogens (tertiary/aromatic N) is 4. The first-order valence-corrected chi connectivity index (χ1v) is 11.1. The molecule has 9 nitrogen and oxygen atoms in total. The van der Waals surface area contributed by atoms with Gasteiger partial charge < -0.3 is 9.47 Å². The van der Waals surface area contributed by atoms with Crippen molar-refractivity contribution >= 4 is 18.0 Å². The van der Waals surface area contributed by atoms with Gasteiger partial charge >= 0.3 is 12.2 Å². The third kappa shape index (κ3) is 5.44. The normalized spacial score (nSPS) is 20.2. The minimum atomic E-state index is -1.32. The van der Waals surface area contributed by atoms with Crippen LogP contribution in [0.15, 0.2) is 55.1 Å². The lowest BCUT2D eigenvalue weighted by atomic mass is 10.0. The number of halogens is 1. The Labute approximate surface area is 196 Å².